The van der Waals surface area contributed by atoms with Crippen LogP contribution in [0, 0.1) is 0 Å². The predicted molar refractivity (Wildman–Crippen MR) is 143 cm³/mol. The zero-order valence-electron chi connectivity index (χ0n) is 19.0. The third-order valence-electron chi connectivity index (χ3n) is 5.75. The Bertz CT molecular complexity index is 1290. The second-order valence-electron chi connectivity index (χ2n) is 8.12. The number of hydrogen-bond donors (Lipinski definition) is 0. The van der Waals surface area contributed by atoms with Gasteiger partial charge < -0.3 is 4.90 Å². The van der Waals surface area contributed by atoms with Crippen LogP contribution in [0.1, 0.15) is 16.7 Å². The smallest absolute Gasteiger partial charge is 0.0781 e. The first-order valence-electron chi connectivity index (χ1n) is 11.5. The van der Waals surface area contributed by atoms with E-state index in [1.807, 2.05) is 12.1 Å². The molecule has 0 aliphatic carbocycles. The molecule has 5 rings (SSSR count). The second kappa shape index (κ2) is 10.5. The van der Waals surface area contributed by atoms with E-state index in [9.17, 15) is 0 Å². The molecule has 2 nitrogen and oxygen atoms in total. The fourth-order valence-corrected chi connectivity index (χ4v) is 4.03. The average molecular weight is 439 g/mol. The number of anilines is 2. The molecule has 0 spiro atoms. The first kappa shape index (κ1) is 21.4. The number of benzene rings is 5. The fraction of sp³-hybridized carbons (Fsp3) is 0.0312. The summed E-state index contributed by atoms with van der Waals surface area (Å²) in [6.45, 7) is 0.798. The monoisotopic (exact) mass is 438 g/mol. The summed E-state index contributed by atoms with van der Waals surface area (Å²) in [5.41, 5.74) is 7.67. The second-order valence-corrected chi connectivity index (χ2v) is 8.12. The van der Waals surface area contributed by atoms with Gasteiger partial charge in [0.25, 0.3) is 0 Å². The van der Waals surface area contributed by atoms with Crippen molar-refractivity contribution in [3.05, 3.63) is 162 Å². The van der Waals surface area contributed by atoms with Crippen molar-refractivity contribution in [3.63, 3.8) is 0 Å². The molecule has 0 saturated heterocycles. The molecule has 0 amide bonds. The number of rotatable bonds is 7. The number of hydrogen-bond acceptors (Lipinski definition) is 2. The highest BCUT2D eigenvalue weighted by molar-refractivity contribution is 6.13. The molecule has 0 saturated carbocycles. The van der Waals surface area contributed by atoms with Gasteiger partial charge in [-0.2, -0.15) is 0 Å². The molecule has 2 heteroatoms. The summed E-state index contributed by atoms with van der Waals surface area (Å²) < 4.78 is 0. The van der Waals surface area contributed by atoms with Gasteiger partial charge in [-0.3, -0.25) is 0 Å². The van der Waals surface area contributed by atoms with Gasteiger partial charge in [0.15, 0.2) is 0 Å². The van der Waals surface area contributed by atoms with E-state index in [0.29, 0.717) is 0 Å². The van der Waals surface area contributed by atoms with Gasteiger partial charge in [0, 0.05) is 29.0 Å². The van der Waals surface area contributed by atoms with Crippen molar-refractivity contribution in [1.82, 2.24) is 0 Å². The van der Waals surface area contributed by atoms with Gasteiger partial charge in [-0.15, -0.1) is 0 Å². The molecule has 34 heavy (non-hydrogen) atoms. The lowest BCUT2D eigenvalue weighted by molar-refractivity contribution is 0.975. The highest BCUT2D eigenvalue weighted by Gasteiger charge is 2.11. The van der Waals surface area contributed by atoms with Crippen LogP contribution in [0.15, 0.2) is 151 Å². The third-order valence-corrected chi connectivity index (χ3v) is 5.75. The molecule has 0 unspecified atom stereocenters. The summed E-state index contributed by atoms with van der Waals surface area (Å²) >= 11 is 0. The Balaban J connectivity index is 1.50. The Morgan fingerprint density at radius 2 is 0.912 bits per heavy atom. The highest BCUT2D eigenvalue weighted by Crippen LogP contribution is 2.29. The molecule has 164 valence electrons. The summed E-state index contributed by atoms with van der Waals surface area (Å²) in [5, 5.41) is 0. The Hall–Kier alpha value is -4.43. The Kier molecular flexibility index (Phi) is 6.59. The van der Waals surface area contributed by atoms with E-state index in [1.165, 1.54) is 5.56 Å². The van der Waals surface area contributed by atoms with Gasteiger partial charge in [0.1, 0.15) is 0 Å². The molecular weight excluding hydrogens is 412 g/mol. The maximum atomic E-state index is 5.05. The molecule has 0 bridgehead atoms. The largest absolute Gasteiger partial charge is 0.337 e. The SMILES string of the molecule is c1ccc(CN(c2ccccc2)c2ccc(N=C(c3ccccc3)c3ccccc3)cc2)cc1. The quantitative estimate of drug-likeness (QED) is 0.234. The number of para-hydroxylation sites is 1. The van der Waals surface area contributed by atoms with Crippen LogP contribution in [0.4, 0.5) is 17.1 Å². The van der Waals surface area contributed by atoms with Crippen LogP contribution in [0.25, 0.3) is 0 Å². The zero-order chi connectivity index (χ0) is 23.0. The van der Waals surface area contributed by atoms with Gasteiger partial charge in [0.05, 0.1) is 11.4 Å². The molecule has 0 N–H and O–H groups in total. The minimum atomic E-state index is 0.798. The summed E-state index contributed by atoms with van der Waals surface area (Å²) in [7, 11) is 0. The minimum Gasteiger partial charge on any atom is -0.337 e. The van der Waals surface area contributed by atoms with E-state index in [0.717, 1.165) is 40.4 Å². The van der Waals surface area contributed by atoms with Crippen LogP contribution in [-0.4, -0.2) is 5.71 Å². The Labute approximate surface area is 201 Å². The summed E-state index contributed by atoms with van der Waals surface area (Å²) in [4.78, 5) is 7.39. The van der Waals surface area contributed by atoms with E-state index in [-0.39, 0.29) is 0 Å². The summed E-state index contributed by atoms with van der Waals surface area (Å²) in [6.07, 6.45) is 0. The van der Waals surface area contributed by atoms with Gasteiger partial charge in [-0.1, -0.05) is 109 Å². The third kappa shape index (κ3) is 5.13. The molecule has 0 fully saturated rings. The van der Waals surface area contributed by atoms with E-state index < -0.39 is 0 Å². The molecule has 5 aromatic rings. The minimum absolute atomic E-state index is 0.798. The lowest BCUT2D eigenvalue weighted by Gasteiger charge is -2.25. The zero-order valence-corrected chi connectivity index (χ0v) is 19.0. The van der Waals surface area contributed by atoms with Gasteiger partial charge in [-0.05, 0) is 42.0 Å². The van der Waals surface area contributed by atoms with Crippen LogP contribution in [0.5, 0.6) is 0 Å². The maximum absolute atomic E-state index is 5.05. The molecular formula is C32H26N2. The van der Waals surface area contributed by atoms with Crippen molar-refractivity contribution in [3.8, 4) is 0 Å². The lowest BCUT2D eigenvalue weighted by Crippen LogP contribution is -2.16. The topological polar surface area (TPSA) is 15.6 Å². The molecule has 0 aromatic heterocycles. The van der Waals surface area contributed by atoms with Crippen molar-refractivity contribution in [1.29, 1.82) is 0 Å². The van der Waals surface area contributed by atoms with E-state index in [1.54, 1.807) is 0 Å². The van der Waals surface area contributed by atoms with Crippen molar-refractivity contribution < 1.29 is 0 Å². The van der Waals surface area contributed by atoms with Gasteiger partial charge >= 0.3 is 0 Å². The maximum Gasteiger partial charge on any atom is 0.0781 e. The number of nitrogens with zero attached hydrogens (tertiary/aromatic N) is 2. The van der Waals surface area contributed by atoms with Crippen molar-refractivity contribution in [2.45, 2.75) is 6.54 Å². The molecule has 5 aromatic carbocycles. The first-order valence-corrected chi connectivity index (χ1v) is 11.5. The average Bonchev–Trinajstić information content (AvgIpc) is 2.93. The standard InChI is InChI=1S/C32H26N2/c1-5-13-26(14-6-1)25-34(30-19-11-4-12-20-30)31-23-21-29(22-24-31)33-32(27-15-7-2-8-16-27)28-17-9-3-10-18-28/h1-24H,25H2. The molecule has 0 heterocycles. The van der Waals surface area contributed by atoms with Crippen LogP contribution in [0.3, 0.4) is 0 Å². The van der Waals surface area contributed by atoms with Gasteiger partial charge in [0.2, 0.25) is 0 Å². The lowest BCUT2D eigenvalue weighted by atomic mass is 10.0. The van der Waals surface area contributed by atoms with Crippen molar-refractivity contribution in [2.75, 3.05) is 4.90 Å². The molecule has 0 aliphatic rings. The van der Waals surface area contributed by atoms with E-state index in [4.69, 9.17) is 4.99 Å². The first-order chi connectivity index (χ1) is 16.9. The number of aliphatic imine (C=N–C) groups is 1. The van der Waals surface area contributed by atoms with E-state index >= 15 is 0 Å². The molecule has 0 radical (unpaired) electrons. The summed E-state index contributed by atoms with van der Waals surface area (Å²) in [5.74, 6) is 0. The van der Waals surface area contributed by atoms with Crippen molar-refractivity contribution >= 4 is 22.8 Å². The normalized spacial score (nSPS) is 10.5. The van der Waals surface area contributed by atoms with Crippen LogP contribution in [0.2, 0.25) is 0 Å². The fourth-order valence-electron chi connectivity index (χ4n) is 4.03. The Morgan fingerprint density at radius 3 is 1.44 bits per heavy atom. The van der Waals surface area contributed by atoms with Gasteiger partial charge in [-0.25, -0.2) is 4.99 Å². The highest BCUT2D eigenvalue weighted by atomic mass is 15.1. The Morgan fingerprint density at radius 1 is 0.471 bits per heavy atom. The van der Waals surface area contributed by atoms with Crippen molar-refractivity contribution in [2.24, 2.45) is 4.99 Å². The molecule has 0 atom stereocenters. The van der Waals surface area contributed by atoms with E-state index in [2.05, 4.69) is 138 Å². The predicted octanol–water partition coefficient (Wildman–Crippen LogP) is 8.19. The molecule has 0 aliphatic heterocycles. The van der Waals surface area contributed by atoms with Crippen LogP contribution < -0.4 is 4.90 Å². The van der Waals surface area contributed by atoms with Crippen LogP contribution in [-0.2, 0) is 6.54 Å². The summed E-state index contributed by atoms with van der Waals surface area (Å²) in [6, 6.07) is 50.3. The van der Waals surface area contributed by atoms with Crippen LogP contribution >= 0.6 is 0 Å².